The summed E-state index contributed by atoms with van der Waals surface area (Å²) in [5.41, 5.74) is 2.46. The maximum atomic E-state index is 9.74. The van der Waals surface area contributed by atoms with Crippen molar-refractivity contribution >= 4 is 0 Å². The first-order valence-corrected chi connectivity index (χ1v) is 7.73. The molecule has 2 N–H and O–H groups in total. The van der Waals surface area contributed by atoms with Gasteiger partial charge in [0, 0.05) is 18.0 Å². The van der Waals surface area contributed by atoms with Crippen LogP contribution in [0.2, 0.25) is 0 Å². The molecule has 3 rings (SSSR count). The Kier molecular flexibility index (Phi) is 3.74. The second-order valence-electron chi connectivity index (χ2n) is 6.59. The summed E-state index contributed by atoms with van der Waals surface area (Å²) in [6.07, 6.45) is 5.67. The second kappa shape index (κ2) is 5.38. The van der Waals surface area contributed by atoms with E-state index in [1.807, 2.05) is 0 Å². The molecule has 2 fully saturated rings. The van der Waals surface area contributed by atoms with Crippen LogP contribution in [0.25, 0.3) is 0 Å². The number of benzene rings is 1. The molecule has 3 heteroatoms. The van der Waals surface area contributed by atoms with E-state index in [-0.39, 0.29) is 18.2 Å². The molecule has 20 heavy (non-hydrogen) atoms. The first-order chi connectivity index (χ1) is 9.60. The lowest BCUT2D eigenvalue weighted by molar-refractivity contribution is 0.139. The first kappa shape index (κ1) is 13.9. The van der Waals surface area contributed by atoms with Crippen LogP contribution in [0, 0.1) is 13.8 Å². The smallest absolute Gasteiger partial charge is 0.120 e. The predicted octanol–water partition coefficient (Wildman–Crippen LogP) is 2.72. The molecule has 0 spiro atoms. The van der Waals surface area contributed by atoms with E-state index in [0.717, 1.165) is 25.0 Å². The monoisotopic (exact) mass is 275 g/mol. The van der Waals surface area contributed by atoms with Crippen LogP contribution < -0.4 is 10.1 Å². The van der Waals surface area contributed by atoms with Crippen molar-refractivity contribution in [2.24, 2.45) is 0 Å². The summed E-state index contributed by atoms with van der Waals surface area (Å²) in [4.78, 5) is 0. The van der Waals surface area contributed by atoms with Gasteiger partial charge in [-0.05, 0) is 62.8 Å². The largest absolute Gasteiger partial charge is 0.490 e. The van der Waals surface area contributed by atoms with Crippen LogP contribution in [0.15, 0.2) is 18.2 Å². The zero-order valence-corrected chi connectivity index (χ0v) is 12.5. The number of rotatable bonds is 5. The maximum Gasteiger partial charge on any atom is 0.120 e. The summed E-state index contributed by atoms with van der Waals surface area (Å²) in [6, 6.07) is 6.90. The second-order valence-corrected chi connectivity index (χ2v) is 6.59. The van der Waals surface area contributed by atoms with Gasteiger partial charge >= 0.3 is 0 Å². The van der Waals surface area contributed by atoms with Crippen molar-refractivity contribution in [3.05, 3.63) is 29.3 Å². The van der Waals surface area contributed by atoms with Crippen LogP contribution in [-0.4, -0.2) is 29.4 Å². The van der Waals surface area contributed by atoms with Gasteiger partial charge in [-0.15, -0.1) is 0 Å². The molecule has 0 heterocycles. The third kappa shape index (κ3) is 2.99. The predicted molar refractivity (Wildman–Crippen MR) is 80.2 cm³/mol. The number of hydrogen-bond acceptors (Lipinski definition) is 3. The standard InChI is InChI=1S/C17H25NO2/c1-12-3-6-15(9-13(12)2)20-16-7-8-17(10-16,11-19)18-14-4-5-14/h3,6,9,14,16,18-19H,4-5,7-8,10-11H2,1-2H3. The average Bonchev–Trinajstić information content (AvgIpc) is 3.15. The van der Waals surface area contributed by atoms with Gasteiger partial charge in [-0.2, -0.15) is 0 Å². The first-order valence-electron chi connectivity index (χ1n) is 7.73. The van der Waals surface area contributed by atoms with Gasteiger partial charge in [0.15, 0.2) is 0 Å². The quantitative estimate of drug-likeness (QED) is 0.868. The topological polar surface area (TPSA) is 41.5 Å². The minimum atomic E-state index is -0.106. The molecule has 1 aromatic rings. The molecule has 2 aliphatic carbocycles. The number of aliphatic hydroxyl groups is 1. The van der Waals surface area contributed by atoms with Gasteiger partial charge in [0.1, 0.15) is 11.9 Å². The van der Waals surface area contributed by atoms with Gasteiger partial charge in [-0.1, -0.05) is 6.07 Å². The zero-order chi connectivity index (χ0) is 14.2. The fourth-order valence-corrected chi connectivity index (χ4v) is 3.14. The highest BCUT2D eigenvalue weighted by Gasteiger charge is 2.42. The minimum Gasteiger partial charge on any atom is -0.490 e. The molecular weight excluding hydrogens is 250 g/mol. The van der Waals surface area contributed by atoms with Gasteiger partial charge in [-0.3, -0.25) is 0 Å². The number of aliphatic hydroxyl groups excluding tert-OH is 1. The molecule has 0 saturated heterocycles. The van der Waals surface area contributed by atoms with Crippen molar-refractivity contribution in [3.63, 3.8) is 0 Å². The molecular formula is C17H25NO2. The van der Waals surface area contributed by atoms with E-state index >= 15 is 0 Å². The van der Waals surface area contributed by atoms with Gasteiger partial charge < -0.3 is 15.2 Å². The van der Waals surface area contributed by atoms with Crippen LogP contribution in [0.4, 0.5) is 0 Å². The Morgan fingerprint density at radius 3 is 2.70 bits per heavy atom. The van der Waals surface area contributed by atoms with Crippen molar-refractivity contribution in [2.75, 3.05) is 6.61 Å². The van der Waals surface area contributed by atoms with Gasteiger partial charge in [-0.25, -0.2) is 0 Å². The van der Waals surface area contributed by atoms with E-state index in [1.165, 1.54) is 24.0 Å². The van der Waals surface area contributed by atoms with E-state index in [0.29, 0.717) is 6.04 Å². The normalized spacial score (nSPS) is 29.6. The molecule has 3 nitrogen and oxygen atoms in total. The van der Waals surface area contributed by atoms with E-state index < -0.39 is 0 Å². The van der Waals surface area contributed by atoms with Crippen LogP contribution in [0.1, 0.15) is 43.2 Å². The van der Waals surface area contributed by atoms with Crippen molar-refractivity contribution in [2.45, 2.75) is 63.6 Å². The molecule has 0 aromatic heterocycles. The molecule has 2 unspecified atom stereocenters. The van der Waals surface area contributed by atoms with E-state index in [9.17, 15) is 5.11 Å². The summed E-state index contributed by atoms with van der Waals surface area (Å²) < 4.78 is 6.12. The summed E-state index contributed by atoms with van der Waals surface area (Å²) in [6.45, 7) is 4.45. The summed E-state index contributed by atoms with van der Waals surface area (Å²) in [5.74, 6) is 0.957. The Balaban J connectivity index is 1.62. The molecule has 0 radical (unpaired) electrons. The Morgan fingerprint density at radius 2 is 2.05 bits per heavy atom. The van der Waals surface area contributed by atoms with Gasteiger partial charge in [0.05, 0.1) is 6.61 Å². The maximum absolute atomic E-state index is 9.74. The zero-order valence-electron chi connectivity index (χ0n) is 12.5. The third-order valence-electron chi connectivity index (χ3n) is 4.73. The van der Waals surface area contributed by atoms with E-state index in [2.05, 4.69) is 37.4 Å². The molecule has 1 aromatic carbocycles. The van der Waals surface area contributed by atoms with Gasteiger partial charge in [0.2, 0.25) is 0 Å². The molecule has 2 saturated carbocycles. The highest BCUT2D eigenvalue weighted by atomic mass is 16.5. The summed E-state index contributed by atoms with van der Waals surface area (Å²) in [7, 11) is 0. The van der Waals surface area contributed by atoms with Crippen molar-refractivity contribution in [1.82, 2.24) is 5.32 Å². The molecule has 0 bridgehead atoms. The summed E-state index contributed by atoms with van der Waals surface area (Å²) in [5, 5.41) is 13.4. The minimum absolute atomic E-state index is 0.106. The lowest BCUT2D eigenvalue weighted by Crippen LogP contribution is -2.48. The van der Waals surface area contributed by atoms with Crippen LogP contribution in [0.3, 0.4) is 0 Å². The lowest BCUT2D eigenvalue weighted by atomic mass is 9.98. The Bertz CT molecular complexity index is 484. The van der Waals surface area contributed by atoms with Crippen molar-refractivity contribution in [3.8, 4) is 5.75 Å². The highest BCUT2D eigenvalue weighted by molar-refractivity contribution is 5.34. The lowest BCUT2D eigenvalue weighted by Gasteiger charge is -2.28. The Morgan fingerprint density at radius 1 is 1.25 bits per heavy atom. The van der Waals surface area contributed by atoms with Crippen molar-refractivity contribution < 1.29 is 9.84 Å². The number of aryl methyl sites for hydroxylation is 2. The number of hydrogen-bond donors (Lipinski definition) is 2. The fourth-order valence-electron chi connectivity index (χ4n) is 3.14. The van der Waals surface area contributed by atoms with E-state index in [4.69, 9.17) is 4.74 Å². The number of ether oxygens (including phenoxy) is 1. The van der Waals surface area contributed by atoms with E-state index in [1.54, 1.807) is 0 Å². The molecule has 2 atom stereocenters. The Labute approximate surface area is 121 Å². The number of nitrogens with one attached hydrogen (secondary N) is 1. The molecule has 2 aliphatic rings. The Hall–Kier alpha value is -1.06. The molecule has 0 amide bonds. The third-order valence-corrected chi connectivity index (χ3v) is 4.73. The molecule has 0 aliphatic heterocycles. The highest BCUT2D eigenvalue weighted by Crippen LogP contribution is 2.36. The fraction of sp³-hybridized carbons (Fsp3) is 0.647. The SMILES string of the molecule is Cc1ccc(OC2CCC(CO)(NC3CC3)C2)cc1C. The van der Waals surface area contributed by atoms with Crippen molar-refractivity contribution in [1.29, 1.82) is 0 Å². The van der Waals surface area contributed by atoms with Crippen LogP contribution >= 0.6 is 0 Å². The van der Waals surface area contributed by atoms with Gasteiger partial charge in [0.25, 0.3) is 0 Å². The summed E-state index contributed by atoms with van der Waals surface area (Å²) >= 11 is 0. The van der Waals surface area contributed by atoms with Crippen LogP contribution in [-0.2, 0) is 0 Å². The average molecular weight is 275 g/mol. The molecule has 110 valence electrons. The van der Waals surface area contributed by atoms with Crippen LogP contribution in [0.5, 0.6) is 5.75 Å².